The van der Waals surface area contributed by atoms with E-state index in [1.807, 2.05) is 0 Å². The zero-order chi connectivity index (χ0) is 17.1. The predicted octanol–water partition coefficient (Wildman–Crippen LogP) is 2.31. The Bertz CT molecular complexity index is 737. The summed E-state index contributed by atoms with van der Waals surface area (Å²) in [6, 6.07) is 5.89. The molecule has 8 heteroatoms. The number of benzene rings is 1. The van der Waals surface area contributed by atoms with Crippen LogP contribution in [0.4, 0.5) is 10.5 Å². The van der Waals surface area contributed by atoms with Crippen molar-refractivity contribution in [2.24, 2.45) is 0 Å². The van der Waals surface area contributed by atoms with Crippen molar-refractivity contribution in [2.75, 3.05) is 11.9 Å². The minimum Gasteiger partial charge on any atom is -0.478 e. The van der Waals surface area contributed by atoms with Crippen LogP contribution < -0.4 is 5.32 Å². The summed E-state index contributed by atoms with van der Waals surface area (Å²) < 4.78 is 0. The molecule has 2 N–H and O–H groups in total. The molecule has 1 aliphatic heterocycles. The number of carboxylic acids is 1. The van der Waals surface area contributed by atoms with Gasteiger partial charge in [0, 0.05) is 0 Å². The van der Waals surface area contributed by atoms with Gasteiger partial charge >= 0.3 is 5.97 Å². The number of hydrogen-bond acceptors (Lipinski definition) is 5. The number of imide groups is 1. The molecule has 0 spiro atoms. The lowest BCUT2D eigenvalue weighted by Gasteiger charge is -2.13. The van der Waals surface area contributed by atoms with E-state index >= 15 is 0 Å². The summed E-state index contributed by atoms with van der Waals surface area (Å²) in [6.45, 7) is 2.95. The third kappa shape index (κ3) is 3.59. The van der Waals surface area contributed by atoms with E-state index in [4.69, 9.17) is 5.11 Å². The van der Waals surface area contributed by atoms with Crippen LogP contribution >= 0.6 is 11.8 Å². The molecule has 7 nitrogen and oxygen atoms in total. The molecule has 1 heterocycles. The topological polar surface area (TPSA) is 104 Å². The number of para-hydroxylation sites is 1. The molecule has 120 valence electrons. The zero-order valence-corrected chi connectivity index (χ0v) is 13.3. The van der Waals surface area contributed by atoms with E-state index in [9.17, 15) is 19.2 Å². The molecule has 0 radical (unpaired) electrons. The summed E-state index contributed by atoms with van der Waals surface area (Å²) in [5, 5.41) is 11.0. The van der Waals surface area contributed by atoms with Gasteiger partial charge < -0.3 is 10.4 Å². The molecule has 0 aromatic heterocycles. The van der Waals surface area contributed by atoms with Gasteiger partial charge in [-0.25, -0.2) is 4.79 Å². The summed E-state index contributed by atoms with van der Waals surface area (Å²) in [5.74, 6) is -2.34. The van der Waals surface area contributed by atoms with Crippen LogP contribution in [0.15, 0.2) is 34.7 Å². The molecular weight excluding hydrogens is 320 g/mol. The van der Waals surface area contributed by atoms with Gasteiger partial charge in [-0.3, -0.25) is 19.3 Å². The van der Waals surface area contributed by atoms with E-state index in [1.54, 1.807) is 19.9 Å². The molecule has 0 aliphatic carbocycles. The second kappa shape index (κ2) is 6.66. The Balaban J connectivity index is 2.12. The maximum Gasteiger partial charge on any atom is 0.337 e. The number of carbonyl (C=O) groups is 4. The lowest BCUT2D eigenvalue weighted by Crippen LogP contribution is -2.36. The SMILES string of the molecule is CC(C)=C1SC(=O)N(CC(=O)Nc2ccccc2C(=O)O)C1=O. The number of rotatable bonds is 4. The van der Waals surface area contributed by atoms with E-state index in [1.165, 1.54) is 18.2 Å². The predicted molar refractivity (Wildman–Crippen MR) is 85.1 cm³/mol. The van der Waals surface area contributed by atoms with E-state index < -0.39 is 29.6 Å². The van der Waals surface area contributed by atoms with E-state index in [0.29, 0.717) is 10.5 Å². The monoisotopic (exact) mass is 334 g/mol. The molecule has 1 aromatic rings. The van der Waals surface area contributed by atoms with Crippen molar-refractivity contribution in [3.63, 3.8) is 0 Å². The molecular formula is C15H14N2O5S. The quantitative estimate of drug-likeness (QED) is 0.819. The third-order valence-corrected chi connectivity index (χ3v) is 4.22. The van der Waals surface area contributed by atoms with Gasteiger partial charge in [0.25, 0.3) is 11.1 Å². The Labute approximate surface area is 136 Å². The molecule has 0 unspecified atom stereocenters. The smallest absolute Gasteiger partial charge is 0.337 e. The van der Waals surface area contributed by atoms with Crippen molar-refractivity contribution in [3.05, 3.63) is 40.3 Å². The van der Waals surface area contributed by atoms with Gasteiger partial charge in [-0.15, -0.1) is 0 Å². The average Bonchev–Trinajstić information content (AvgIpc) is 2.76. The highest BCUT2D eigenvalue weighted by molar-refractivity contribution is 8.18. The Morgan fingerprint density at radius 3 is 2.43 bits per heavy atom. The minimum absolute atomic E-state index is 0.0701. The van der Waals surface area contributed by atoms with Gasteiger partial charge in [-0.05, 0) is 37.7 Å². The number of allylic oxidation sites excluding steroid dienone is 1. The van der Waals surface area contributed by atoms with Gasteiger partial charge in [0.05, 0.1) is 16.2 Å². The minimum atomic E-state index is -1.18. The molecule has 1 fully saturated rings. The Morgan fingerprint density at radius 1 is 1.22 bits per heavy atom. The summed E-state index contributed by atoms with van der Waals surface area (Å²) in [6.07, 6.45) is 0. The Hall–Kier alpha value is -2.61. The fraction of sp³-hybridized carbons (Fsp3) is 0.200. The van der Waals surface area contributed by atoms with Gasteiger partial charge in [-0.1, -0.05) is 17.7 Å². The number of nitrogens with one attached hydrogen (secondary N) is 1. The largest absolute Gasteiger partial charge is 0.478 e. The summed E-state index contributed by atoms with van der Waals surface area (Å²) in [5.41, 5.74) is 0.742. The number of thioether (sulfide) groups is 1. The number of carboxylic acid groups (broad SMARTS) is 1. The molecule has 1 aromatic carbocycles. The van der Waals surface area contributed by atoms with Crippen LogP contribution in [-0.2, 0) is 9.59 Å². The lowest BCUT2D eigenvalue weighted by molar-refractivity contribution is -0.127. The maximum absolute atomic E-state index is 12.1. The number of hydrogen-bond donors (Lipinski definition) is 2. The maximum atomic E-state index is 12.1. The van der Waals surface area contributed by atoms with Crippen LogP contribution in [0.1, 0.15) is 24.2 Å². The fourth-order valence-corrected chi connectivity index (χ4v) is 2.79. The molecule has 2 rings (SSSR count). The molecule has 0 atom stereocenters. The molecule has 0 bridgehead atoms. The first-order chi connectivity index (χ1) is 10.8. The Morgan fingerprint density at radius 2 is 1.87 bits per heavy atom. The summed E-state index contributed by atoms with van der Waals surface area (Å²) in [4.78, 5) is 48.2. The fourth-order valence-electron chi connectivity index (χ4n) is 1.96. The average molecular weight is 334 g/mol. The number of aromatic carboxylic acids is 1. The zero-order valence-electron chi connectivity index (χ0n) is 12.5. The van der Waals surface area contributed by atoms with E-state index in [-0.39, 0.29) is 11.3 Å². The number of carbonyl (C=O) groups excluding carboxylic acids is 3. The lowest BCUT2D eigenvalue weighted by atomic mass is 10.2. The van der Waals surface area contributed by atoms with Crippen LogP contribution in [0, 0.1) is 0 Å². The van der Waals surface area contributed by atoms with Crippen molar-refractivity contribution in [1.29, 1.82) is 0 Å². The normalized spacial score (nSPS) is 14.2. The van der Waals surface area contributed by atoms with Crippen molar-refractivity contribution in [3.8, 4) is 0 Å². The van der Waals surface area contributed by atoms with Crippen molar-refractivity contribution >= 4 is 40.5 Å². The van der Waals surface area contributed by atoms with Gasteiger partial charge in [0.2, 0.25) is 5.91 Å². The summed E-state index contributed by atoms with van der Waals surface area (Å²) >= 11 is 0.789. The third-order valence-electron chi connectivity index (χ3n) is 3.04. The highest BCUT2D eigenvalue weighted by Gasteiger charge is 2.36. The van der Waals surface area contributed by atoms with Gasteiger partial charge in [0.1, 0.15) is 6.54 Å². The van der Waals surface area contributed by atoms with Crippen LogP contribution in [0.3, 0.4) is 0 Å². The second-order valence-corrected chi connectivity index (χ2v) is 5.95. The van der Waals surface area contributed by atoms with Crippen LogP contribution in [0.2, 0.25) is 0 Å². The first-order valence-corrected chi connectivity index (χ1v) is 7.46. The van der Waals surface area contributed by atoms with Crippen LogP contribution in [0.5, 0.6) is 0 Å². The summed E-state index contributed by atoms with van der Waals surface area (Å²) in [7, 11) is 0. The molecule has 3 amide bonds. The van der Waals surface area contributed by atoms with Crippen LogP contribution in [-0.4, -0.2) is 39.6 Å². The van der Waals surface area contributed by atoms with Gasteiger partial charge in [0.15, 0.2) is 0 Å². The second-order valence-electron chi connectivity index (χ2n) is 4.99. The highest BCUT2D eigenvalue weighted by atomic mass is 32.2. The molecule has 23 heavy (non-hydrogen) atoms. The number of amides is 3. The van der Waals surface area contributed by atoms with Gasteiger partial charge in [-0.2, -0.15) is 0 Å². The van der Waals surface area contributed by atoms with Crippen molar-refractivity contribution < 1.29 is 24.3 Å². The number of anilines is 1. The Kier molecular flexibility index (Phi) is 4.85. The number of nitrogens with zero attached hydrogens (tertiary/aromatic N) is 1. The van der Waals surface area contributed by atoms with E-state index in [2.05, 4.69) is 5.32 Å². The standard InChI is InChI=1S/C15H14N2O5S/c1-8(2)12-13(19)17(15(22)23-12)7-11(18)16-10-6-4-3-5-9(10)14(20)21/h3-6H,7H2,1-2H3,(H,16,18)(H,20,21). The highest BCUT2D eigenvalue weighted by Crippen LogP contribution is 2.32. The first-order valence-electron chi connectivity index (χ1n) is 6.64. The molecule has 1 aliphatic rings. The van der Waals surface area contributed by atoms with Crippen molar-refractivity contribution in [2.45, 2.75) is 13.8 Å². The first kappa shape index (κ1) is 16.8. The van der Waals surface area contributed by atoms with Crippen molar-refractivity contribution in [1.82, 2.24) is 4.90 Å². The molecule has 1 saturated heterocycles. The molecule has 0 saturated carbocycles. The van der Waals surface area contributed by atoms with E-state index in [0.717, 1.165) is 16.7 Å². The van der Waals surface area contributed by atoms with Crippen LogP contribution in [0.25, 0.3) is 0 Å².